The van der Waals surface area contributed by atoms with Crippen molar-refractivity contribution >= 4 is 17.3 Å². The van der Waals surface area contributed by atoms with Gasteiger partial charge in [0.2, 0.25) is 0 Å². The number of nitrogens with zero attached hydrogens (tertiary/aromatic N) is 1. The molecule has 0 aliphatic rings. The van der Waals surface area contributed by atoms with Crippen molar-refractivity contribution in [1.82, 2.24) is 5.32 Å². The highest BCUT2D eigenvalue weighted by atomic mass is 35.5. The van der Waals surface area contributed by atoms with Crippen LogP contribution < -0.4 is 10.2 Å². The molecular weight excluding hydrogens is 268 g/mol. The third kappa shape index (κ3) is 5.18. The van der Waals surface area contributed by atoms with Gasteiger partial charge in [0, 0.05) is 19.6 Å². The first kappa shape index (κ1) is 17.1. The molecule has 0 saturated heterocycles. The highest BCUT2D eigenvalue weighted by Crippen LogP contribution is 2.28. The lowest BCUT2D eigenvalue weighted by Gasteiger charge is -2.22. The fraction of sp³-hybridized carbons (Fsp3) is 0.529. The molecule has 1 N–H and O–H groups in total. The van der Waals surface area contributed by atoms with E-state index >= 15 is 0 Å². The average molecular weight is 295 g/mol. The van der Waals surface area contributed by atoms with Crippen molar-refractivity contribution in [2.45, 2.75) is 39.2 Å². The average Bonchev–Trinajstić information content (AvgIpc) is 2.44. The third-order valence-electron chi connectivity index (χ3n) is 3.49. The highest BCUT2D eigenvalue weighted by Gasteiger charge is 2.10. The standard InChI is InChI=1S/C17H27ClN2/c1-5-7-8-12-20(4)17-10-9-15(13-16(17)18)14(3)19-11-6-2/h5,9-10,13-14,19H,1,6-8,11-12H2,2-4H3. The molecule has 112 valence electrons. The Morgan fingerprint density at radius 1 is 1.45 bits per heavy atom. The number of unbranched alkanes of at least 4 members (excludes halogenated alkanes) is 1. The van der Waals surface area contributed by atoms with Crippen molar-refractivity contribution < 1.29 is 0 Å². The Morgan fingerprint density at radius 3 is 2.80 bits per heavy atom. The van der Waals surface area contributed by atoms with Gasteiger partial charge in [-0.15, -0.1) is 6.58 Å². The Balaban J connectivity index is 2.69. The lowest BCUT2D eigenvalue weighted by atomic mass is 10.1. The molecule has 0 amide bonds. The Morgan fingerprint density at radius 2 is 2.20 bits per heavy atom. The van der Waals surface area contributed by atoms with Crippen LogP contribution in [0.4, 0.5) is 5.69 Å². The van der Waals surface area contributed by atoms with Crippen molar-refractivity contribution in [2.75, 3.05) is 25.0 Å². The molecule has 0 heterocycles. The zero-order valence-corrected chi connectivity index (χ0v) is 13.7. The number of allylic oxidation sites excluding steroid dienone is 1. The van der Waals surface area contributed by atoms with Crippen LogP contribution in [0.25, 0.3) is 0 Å². The maximum absolute atomic E-state index is 6.43. The minimum absolute atomic E-state index is 0.340. The van der Waals surface area contributed by atoms with E-state index in [1.807, 2.05) is 6.08 Å². The quantitative estimate of drug-likeness (QED) is 0.520. The number of rotatable bonds is 9. The monoisotopic (exact) mass is 294 g/mol. The van der Waals surface area contributed by atoms with E-state index in [4.69, 9.17) is 11.6 Å². The van der Waals surface area contributed by atoms with Crippen LogP contribution in [0, 0.1) is 0 Å². The molecule has 0 spiro atoms. The molecule has 1 rings (SSSR count). The molecule has 1 aromatic rings. The van der Waals surface area contributed by atoms with Gasteiger partial charge in [0.15, 0.2) is 0 Å². The van der Waals surface area contributed by atoms with Gasteiger partial charge in [-0.3, -0.25) is 0 Å². The summed E-state index contributed by atoms with van der Waals surface area (Å²) in [4.78, 5) is 2.21. The summed E-state index contributed by atoms with van der Waals surface area (Å²) in [6.07, 6.45) is 5.24. The molecule has 0 aromatic heterocycles. The topological polar surface area (TPSA) is 15.3 Å². The van der Waals surface area contributed by atoms with E-state index in [0.717, 1.165) is 43.1 Å². The second-order valence-electron chi connectivity index (χ2n) is 5.24. The first-order valence-electron chi connectivity index (χ1n) is 7.45. The lowest BCUT2D eigenvalue weighted by Crippen LogP contribution is -2.21. The molecule has 3 heteroatoms. The predicted octanol–water partition coefficient (Wildman–Crippen LogP) is 4.80. The van der Waals surface area contributed by atoms with E-state index in [2.05, 4.69) is 55.9 Å². The van der Waals surface area contributed by atoms with E-state index in [9.17, 15) is 0 Å². The molecule has 20 heavy (non-hydrogen) atoms. The number of hydrogen-bond acceptors (Lipinski definition) is 2. The predicted molar refractivity (Wildman–Crippen MR) is 90.9 cm³/mol. The smallest absolute Gasteiger partial charge is 0.0642 e. The van der Waals surface area contributed by atoms with Crippen LogP contribution in [0.1, 0.15) is 44.7 Å². The summed E-state index contributed by atoms with van der Waals surface area (Å²) < 4.78 is 0. The Hall–Kier alpha value is -0.990. The van der Waals surface area contributed by atoms with Gasteiger partial charge in [0.05, 0.1) is 10.7 Å². The maximum atomic E-state index is 6.43. The minimum Gasteiger partial charge on any atom is -0.373 e. The van der Waals surface area contributed by atoms with Gasteiger partial charge in [0.1, 0.15) is 0 Å². The summed E-state index contributed by atoms with van der Waals surface area (Å²) in [6.45, 7) is 10.1. The van der Waals surface area contributed by atoms with Crippen LogP contribution in [0.2, 0.25) is 5.02 Å². The van der Waals surface area contributed by atoms with E-state index in [1.54, 1.807) is 0 Å². The van der Waals surface area contributed by atoms with Crippen molar-refractivity contribution in [3.63, 3.8) is 0 Å². The molecule has 1 atom stereocenters. The molecular formula is C17H27ClN2. The zero-order valence-electron chi connectivity index (χ0n) is 13.0. The van der Waals surface area contributed by atoms with Gasteiger partial charge in [0.25, 0.3) is 0 Å². The molecule has 0 aliphatic carbocycles. The second-order valence-corrected chi connectivity index (χ2v) is 5.65. The molecule has 0 fully saturated rings. The normalized spacial score (nSPS) is 12.2. The zero-order chi connectivity index (χ0) is 15.0. The van der Waals surface area contributed by atoms with Crippen molar-refractivity contribution in [3.8, 4) is 0 Å². The Kier molecular flexibility index (Phi) is 7.71. The third-order valence-corrected chi connectivity index (χ3v) is 3.79. The molecule has 0 aliphatic heterocycles. The minimum atomic E-state index is 0.340. The number of anilines is 1. The second kappa shape index (κ2) is 9.04. The summed E-state index contributed by atoms with van der Waals surface area (Å²) in [5, 5.41) is 4.31. The van der Waals surface area contributed by atoms with Gasteiger partial charge < -0.3 is 10.2 Å². The van der Waals surface area contributed by atoms with E-state index in [1.165, 1.54) is 5.56 Å². The summed E-state index contributed by atoms with van der Waals surface area (Å²) in [7, 11) is 2.09. The van der Waals surface area contributed by atoms with Crippen LogP contribution in [-0.4, -0.2) is 20.1 Å². The molecule has 0 saturated carbocycles. The Bertz CT molecular complexity index is 417. The number of benzene rings is 1. The van der Waals surface area contributed by atoms with Gasteiger partial charge in [-0.05, 0) is 50.4 Å². The molecule has 1 aromatic carbocycles. The number of nitrogens with one attached hydrogen (secondary N) is 1. The molecule has 2 nitrogen and oxygen atoms in total. The molecule has 0 radical (unpaired) electrons. The maximum Gasteiger partial charge on any atom is 0.0642 e. The Labute approximate surface area is 128 Å². The van der Waals surface area contributed by atoms with Crippen LogP contribution in [-0.2, 0) is 0 Å². The summed E-state index contributed by atoms with van der Waals surface area (Å²) in [5.41, 5.74) is 2.34. The molecule has 1 unspecified atom stereocenters. The van der Waals surface area contributed by atoms with Gasteiger partial charge >= 0.3 is 0 Å². The van der Waals surface area contributed by atoms with Crippen molar-refractivity contribution in [3.05, 3.63) is 41.4 Å². The van der Waals surface area contributed by atoms with Gasteiger partial charge in [-0.1, -0.05) is 30.7 Å². The summed E-state index contributed by atoms with van der Waals surface area (Å²) in [6, 6.07) is 6.70. The first-order chi connectivity index (χ1) is 9.60. The van der Waals surface area contributed by atoms with Crippen LogP contribution in [0.5, 0.6) is 0 Å². The van der Waals surface area contributed by atoms with Crippen molar-refractivity contribution in [1.29, 1.82) is 0 Å². The largest absolute Gasteiger partial charge is 0.373 e. The number of halogens is 1. The van der Waals surface area contributed by atoms with Crippen LogP contribution in [0.15, 0.2) is 30.9 Å². The van der Waals surface area contributed by atoms with E-state index < -0.39 is 0 Å². The van der Waals surface area contributed by atoms with Crippen LogP contribution >= 0.6 is 11.6 Å². The number of hydrogen-bond donors (Lipinski definition) is 1. The molecule has 0 bridgehead atoms. The van der Waals surface area contributed by atoms with Gasteiger partial charge in [-0.2, -0.15) is 0 Å². The summed E-state index contributed by atoms with van der Waals surface area (Å²) in [5.74, 6) is 0. The van der Waals surface area contributed by atoms with E-state index in [0.29, 0.717) is 6.04 Å². The fourth-order valence-corrected chi connectivity index (χ4v) is 2.51. The first-order valence-corrected chi connectivity index (χ1v) is 7.82. The van der Waals surface area contributed by atoms with Gasteiger partial charge in [-0.25, -0.2) is 0 Å². The SMILES string of the molecule is C=CCCCN(C)c1ccc(C(C)NCCC)cc1Cl. The van der Waals surface area contributed by atoms with Crippen LogP contribution in [0.3, 0.4) is 0 Å². The van der Waals surface area contributed by atoms with E-state index in [-0.39, 0.29) is 0 Å². The van der Waals surface area contributed by atoms with Crippen molar-refractivity contribution in [2.24, 2.45) is 0 Å². The summed E-state index contributed by atoms with van der Waals surface area (Å²) >= 11 is 6.43. The lowest BCUT2D eigenvalue weighted by molar-refractivity contribution is 0.571. The fourth-order valence-electron chi connectivity index (χ4n) is 2.17. The highest BCUT2D eigenvalue weighted by molar-refractivity contribution is 6.33.